The van der Waals surface area contributed by atoms with E-state index in [1.807, 2.05) is 0 Å². The van der Waals surface area contributed by atoms with E-state index in [2.05, 4.69) is 16.0 Å². The Morgan fingerprint density at radius 2 is 1.67 bits per heavy atom. The van der Waals surface area contributed by atoms with Crippen LogP contribution in [0.4, 0.5) is 0 Å². The number of carbonyl (C=O) groups is 3. The average molecular weight is 217 g/mol. The van der Waals surface area contributed by atoms with Crippen molar-refractivity contribution >= 4 is 17.8 Å². The summed E-state index contributed by atoms with van der Waals surface area (Å²) in [5, 5.41) is 15.5. The number of rotatable bonds is 7. The van der Waals surface area contributed by atoms with Crippen LogP contribution in [0.5, 0.6) is 0 Å². The summed E-state index contributed by atoms with van der Waals surface area (Å²) < 4.78 is 0. The molecule has 15 heavy (non-hydrogen) atoms. The number of hydrogen-bond acceptors (Lipinski definition) is 4. The Balaban J connectivity index is 3.53. The molecule has 0 radical (unpaired) electrons. The lowest BCUT2D eigenvalue weighted by Crippen LogP contribution is -2.39. The third kappa shape index (κ3) is 8.69. The molecule has 0 bridgehead atoms. The quantitative estimate of drug-likeness (QED) is 0.391. The summed E-state index contributed by atoms with van der Waals surface area (Å²) in [5.74, 6) is -1.89. The maximum absolute atomic E-state index is 11.0. The normalized spacial score (nSPS) is 9.40. The number of carbonyl (C=O) groups excluding carboxylic acids is 2. The second kappa shape index (κ2) is 7.74. The van der Waals surface area contributed by atoms with E-state index in [0.717, 1.165) is 0 Å². The summed E-state index contributed by atoms with van der Waals surface area (Å²) in [6.45, 7) is -0.108. The standard InChI is InChI=1S/C8H15N3O4/c1-9-3-2-6(12)10-4-7(13)11-5-8(14)15/h9H,2-5H2,1H3,(H,10,12)(H,11,13)(H,14,15). The Kier molecular flexibility index (Phi) is 6.90. The van der Waals surface area contributed by atoms with E-state index in [1.165, 1.54) is 0 Å². The van der Waals surface area contributed by atoms with Crippen molar-refractivity contribution < 1.29 is 19.5 Å². The van der Waals surface area contributed by atoms with Crippen LogP contribution in [-0.2, 0) is 14.4 Å². The topological polar surface area (TPSA) is 108 Å². The van der Waals surface area contributed by atoms with Crippen molar-refractivity contribution in [1.82, 2.24) is 16.0 Å². The highest BCUT2D eigenvalue weighted by Crippen LogP contribution is 1.75. The molecule has 0 aliphatic rings. The molecule has 0 aromatic heterocycles. The Hall–Kier alpha value is -1.63. The number of amides is 2. The first-order chi connectivity index (χ1) is 7.06. The third-order valence-electron chi connectivity index (χ3n) is 1.48. The molecule has 7 nitrogen and oxygen atoms in total. The Labute approximate surface area is 87.2 Å². The zero-order valence-electron chi connectivity index (χ0n) is 8.50. The molecular formula is C8H15N3O4. The van der Waals surface area contributed by atoms with Gasteiger partial charge in [0.05, 0.1) is 6.54 Å². The van der Waals surface area contributed by atoms with Gasteiger partial charge >= 0.3 is 5.97 Å². The summed E-state index contributed by atoms with van der Waals surface area (Å²) in [4.78, 5) is 32.0. The highest BCUT2D eigenvalue weighted by Gasteiger charge is 2.05. The first-order valence-electron chi connectivity index (χ1n) is 4.46. The minimum atomic E-state index is -1.12. The lowest BCUT2D eigenvalue weighted by molar-refractivity contribution is -0.137. The molecular weight excluding hydrogens is 202 g/mol. The fraction of sp³-hybridized carbons (Fsp3) is 0.625. The minimum absolute atomic E-state index is 0.199. The minimum Gasteiger partial charge on any atom is -0.480 e. The molecule has 4 N–H and O–H groups in total. The van der Waals surface area contributed by atoms with Crippen molar-refractivity contribution in [3.63, 3.8) is 0 Å². The van der Waals surface area contributed by atoms with Gasteiger partial charge in [0.2, 0.25) is 11.8 Å². The predicted molar refractivity (Wildman–Crippen MR) is 52.2 cm³/mol. The van der Waals surface area contributed by atoms with Gasteiger partial charge in [-0.15, -0.1) is 0 Å². The van der Waals surface area contributed by atoms with Gasteiger partial charge in [-0.3, -0.25) is 14.4 Å². The molecule has 0 atom stereocenters. The summed E-state index contributed by atoms with van der Waals surface area (Å²) >= 11 is 0. The van der Waals surface area contributed by atoms with E-state index < -0.39 is 18.4 Å². The highest BCUT2D eigenvalue weighted by molar-refractivity contribution is 5.86. The Morgan fingerprint density at radius 3 is 2.20 bits per heavy atom. The fourth-order valence-electron chi connectivity index (χ4n) is 0.742. The summed E-state index contributed by atoms with van der Waals surface area (Å²) in [7, 11) is 1.72. The zero-order valence-corrected chi connectivity index (χ0v) is 8.50. The molecule has 0 aliphatic carbocycles. The molecule has 0 spiro atoms. The molecule has 7 heteroatoms. The van der Waals surface area contributed by atoms with E-state index >= 15 is 0 Å². The van der Waals surface area contributed by atoms with Gasteiger partial charge in [0, 0.05) is 13.0 Å². The van der Waals surface area contributed by atoms with Crippen molar-refractivity contribution in [2.24, 2.45) is 0 Å². The molecule has 2 amide bonds. The maximum Gasteiger partial charge on any atom is 0.322 e. The van der Waals surface area contributed by atoms with Crippen LogP contribution in [0.15, 0.2) is 0 Å². The second-order valence-electron chi connectivity index (χ2n) is 2.80. The second-order valence-corrected chi connectivity index (χ2v) is 2.80. The van der Waals surface area contributed by atoms with Crippen LogP contribution >= 0.6 is 0 Å². The lowest BCUT2D eigenvalue weighted by atomic mass is 10.4. The van der Waals surface area contributed by atoms with Crippen LogP contribution in [0.3, 0.4) is 0 Å². The molecule has 0 saturated heterocycles. The van der Waals surface area contributed by atoms with Crippen molar-refractivity contribution in [2.75, 3.05) is 26.7 Å². The van der Waals surface area contributed by atoms with Crippen LogP contribution < -0.4 is 16.0 Å². The number of nitrogens with one attached hydrogen (secondary N) is 3. The maximum atomic E-state index is 11.0. The molecule has 0 aromatic carbocycles. The zero-order chi connectivity index (χ0) is 11.7. The average Bonchev–Trinajstić information content (AvgIpc) is 2.20. The first kappa shape index (κ1) is 13.4. The third-order valence-corrected chi connectivity index (χ3v) is 1.48. The van der Waals surface area contributed by atoms with Crippen molar-refractivity contribution in [1.29, 1.82) is 0 Å². The van der Waals surface area contributed by atoms with Crippen molar-refractivity contribution in [2.45, 2.75) is 6.42 Å². The molecule has 86 valence electrons. The van der Waals surface area contributed by atoms with E-state index in [0.29, 0.717) is 6.54 Å². The van der Waals surface area contributed by atoms with E-state index in [9.17, 15) is 14.4 Å². The van der Waals surface area contributed by atoms with E-state index in [-0.39, 0.29) is 18.9 Å². The summed E-state index contributed by atoms with van der Waals surface area (Å²) in [5.41, 5.74) is 0. The Morgan fingerprint density at radius 1 is 1.07 bits per heavy atom. The van der Waals surface area contributed by atoms with E-state index in [4.69, 9.17) is 5.11 Å². The van der Waals surface area contributed by atoms with Crippen molar-refractivity contribution in [3.8, 4) is 0 Å². The highest BCUT2D eigenvalue weighted by atomic mass is 16.4. The van der Waals surface area contributed by atoms with Gasteiger partial charge in [-0.05, 0) is 7.05 Å². The van der Waals surface area contributed by atoms with Gasteiger partial charge in [-0.1, -0.05) is 0 Å². The van der Waals surface area contributed by atoms with Gasteiger partial charge in [0.15, 0.2) is 0 Å². The molecule has 0 heterocycles. The van der Waals surface area contributed by atoms with Gasteiger partial charge in [-0.25, -0.2) is 0 Å². The summed E-state index contributed by atoms with van der Waals surface area (Å²) in [6, 6.07) is 0. The van der Waals surface area contributed by atoms with Crippen LogP contribution in [0.25, 0.3) is 0 Å². The smallest absolute Gasteiger partial charge is 0.322 e. The van der Waals surface area contributed by atoms with Gasteiger partial charge < -0.3 is 21.1 Å². The largest absolute Gasteiger partial charge is 0.480 e. The lowest BCUT2D eigenvalue weighted by Gasteiger charge is -2.04. The number of carboxylic acid groups (broad SMARTS) is 1. The van der Waals surface area contributed by atoms with Crippen molar-refractivity contribution in [3.05, 3.63) is 0 Å². The Bertz CT molecular complexity index is 242. The molecule has 0 saturated carbocycles. The number of hydrogen-bond donors (Lipinski definition) is 4. The van der Waals surface area contributed by atoms with Crippen LogP contribution in [0.2, 0.25) is 0 Å². The first-order valence-corrected chi connectivity index (χ1v) is 4.46. The molecule has 0 aliphatic heterocycles. The van der Waals surface area contributed by atoms with Crippen LogP contribution in [0, 0.1) is 0 Å². The van der Waals surface area contributed by atoms with Gasteiger partial charge in [0.25, 0.3) is 0 Å². The molecule has 0 aromatic rings. The SMILES string of the molecule is CNCCC(=O)NCC(=O)NCC(=O)O. The number of carboxylic acids is 1. The van der Waals surface area contributed by atoms with Crippen LogP contribution in [-0.4, -0.2) is 49.6 Å². The fourth-order valence-corrected chi connectivity index (χ4v) is 0.742. The molecule has 0 unspecified atom stereocenters. The van der Waals surface area contributed by atoms with Gasteiger partial charge in [-0.2, -0.15) is 0 Å². The van der Waals surface area contributed by atoms with E-state index in [1.54, 1.807) is 7.05 Å². The monoisotopic (exact) mass is 217 g/mol. The predicted octanol–water partition coefficient (Wildman–Crippen LogP) is -2.09. The van der Waals surface area contributed by atoms with Crippen LogP contribution in [0.1, 0.15) is 6.42 Å². The van der Waals surface area contributed by atoms with Gasteiger partial charge in [0.1, 0.15) is 6.54 Å². The summed E-state index contributed by atoms with van der Waals surface area (Å²) in [6.07, 6.45) is 0.280. The molecule has 0 fully saturated rings. The molecule has 0 rings (SSSR count). The number of aliphatic carboxylic acids is 1.